The Kier molecular flexibility index (Phi) is 4.14. The van der Waals surface area contributed by atoms with Crippen LogP contribution in [-0.4, -0.2) is 0 Å². The molecule has 0 aliphatic heterocycles. The van der Waals surface area contributed by atoms with E-state index in [0.29, 0.717) is 5.92 Å². The average molecular weight is 278 g/mol. The minimum atomic E-state index is 0.245. The monoisotopic (exact) mass is 278 g/mol. The summed E-state index contributed by atoms with van der Waals surface area (Å²) in [5.41, 5.74) is 4.70. The third-order valence-electron chi connectivity index (χ3n) is 5.16. The molecule has 0 N–H and O–H groups in total. The van der Waals surface area contributed by atoms with Crippen LogP contribution in [0.2, 0.25) is 0 Å². The Balaban J connectivity index is 2.03. The van der Waals surface area contributed by atoms with Gasteiger partial charge in [0.05, 0.1) is 0 Å². The predicted octanol–water partition coefficient (Wildman–Crippen LogP) is 6.06. The van der Waals surface area contributed by atoms with Gasteiger partial charge in [-0.15, -0.1) is 0 Å². The Morgan fingerprint density at radius 2 is 1.29 bits per heavy atom. The third-order valence-corrected chi connectivity index (χ3v) is 5.16. The van der Waals surface area contributed by atoms with Crippen molar-refractivity contribution in [2.45, 2.75) is 57.3 Å². The quantitative estimate of drug-likeness (QED) is 0.640. The van der Waals surface area contributed by atoms with Crippen LogP contribution in [-0.2, 0) is 5.41 Å². The first-order valence-corrected chi connectivity index (χ1v) is 8.38. The normalized spacial score (nSPS) is 17.9. The highest BCUT2D eigenvalue weighted by Crippen LogP contribution is 2.44. The summed E-state index contributed by atoms with van der Waals surface area (Å²) in [7, 11) is 0. The van der Waals surface area contributed by atoms with Crippen molar-refractivity contribution in [3.63, 3.8) is 0 Å². The molecule has 1 fully saturated rings. The Morgan fingerprint density at radius 1 is 0.714 bits per heavy atom. The minimum Gasteiger partial charge on any atom is -0.0622 e. The fraction of sp³-hybridized carbons (Fsp3) is 0.429. The van der Waals surface area contributed by atoms with E-state index < -0.39 is 0 Å². The molecular weight excluding hydrogens is 252 g/mol. The molecule has 1 saturated carbocycles. The zero-order chi connectivity index (χ0) is 14.7. The van der Waals surface area contributed by atoms with Gasteiger partial charge in [-0.2, -0.15) is 0 Å². The van der Waals surface area contributed by atoms with Gasteiger partial charge in [-0.25, -0.2) is 0 Å². The smallest absolute Gasteiger partial charge is 0.0202 e. The standard InChI is InChI=1S/C21H26/c1-17(2)18-11-13-20(14-12-18)21(15-7-4-8-16-21)19-9-5-3-6-10-19/h3,5-6,9-14,17H,4,7-8,15-16H2,1-2H3. The van der Waals surface area contributed by atoms with Crippen LogP contribution in [0.3, 0.4) is 0 Å². The van der Waals surface area contributed by atoms with Gasteiger partial charge < -0.3 is 0 Å². The zero-order valence-electron chi connectivity index (χ0n) is 13.3. The lowest BCUT2D eigenvalue weighted by molar-refractivity contribution is 0.346. The van der Waals surface area contributed by atoms with Gasteiger partial charge in [0.1, 0.15) is 0 Å². The van der Waals surface area contributed by atoms with E-state index in [0.717, 1.165) is 0 Å². The van der Waals surface area contributed by atoms with Crippen LogP contribution in [0.5, 0.6) is 0 Å². The highest BCUT2D eigenvalue weighted by Gasteiger charge is 2.35. The largest absolute Gasteiger partial charge is 0.0622 e. The topological polar surface area (TPSA) is 0 Å². The maximum atomic E-state index is 2.38. The molecule has 0 saturated heterocycles. The van der Waals surface area contributed by atoms with Gasteiger partial charge in [0.25, 0.3) is 0 Å². The molecule has 0 radical (unpaired) electrons. The fourth-order valence-corrected chi connectivity index (χ4v) is 3.84. The van der Waals surface area contributed by atoms with Crippen LogP contribution in [0.25, 0.3) is 0 Å². The number of rotatable bonds is 3. The van der Waals surface area contributed by atoms with Crippen molar-refractivity contribution in [3.8, 4) is 0 Å². The lowest BCUT2D eigenvalue weighted by atomic mass is 9.65. The van der Waals surface area contributed by atoms with Gasteiger partial charge in [-0.1, -0.05) is 87.7 Å². The van der Waals surface area contributed by atoms with Crippen molar-refractivity contribution >= 4 is 0 Å². The van der Waals surface area contributed by atoms with Crippen molar-refractivity contribution in [2.75, 3.05) is 0 Å². The molecule has 110 valence electrons. The van der Waals surface area contributed by atoms with E-state index >= 15 is 0 Å². The lowest BCUT2D eigenvalue weighted by Gasteiger charge is -2.38. The van der Waals surface area contributed by atoms with Crippen LogP contribution in [0.15, 0.2) is 54.6 Å². The maximum absolute atomic E-state index is 2.38. The second-order valence-corrected chi connectivity index (χ2v) is 6.79. The summed E-state index contributed by atoms with van der Waals surface area (Å²) in [6, 6.07) is 20.6. The number of benzene rings is 2. The predicted molar refractivity (Wildman–Crippen MR) is 90.8 cm³/mol. The van der Waals surface area contributed by atoms with Gasteiger partial charge in [-0.3, -0.25) is 0 Å². The van der Waals surface area contributed by atoms with E-state index in [9.17, 15) is 0 Å². The molecule has 1 aliphatic carbocycles. The second kappa shape index (κ2) is 6.05. The highest BCUT2D eigenvalue weighted by atomic mass is 14.4. The van der Waals surface area contributed by atoms with Crippen LogP contribution in [0.4, 0.5) is 0 Å². The van der Waals surface area contributed by atoms with E-state index in [-0.39, 0.29) is 5.41 Å². The van der Waals surface area contributed by atoms with Crippen LogP contribution >= 0.6 is 0 Å². The van der Waals surface area contributed by atoms with E-state index in [2.05, 4.69) is 68.4 Å². The minimum absolute atomic E-state index is 0.245. The number of hydrogen-bond donors (Lipinski definition) is 0. The summed E-state index contributed by atoms with van der Waals surface area (Å²) >= 11 is 0. The van der Waals surface area contributed by atoms with Gasteiger partial charge >= 0.3 is 0 Å². The Bertz CT molecular complexity index is 557. The maximum Gasteiger partial charge on any atom is 0.0202 e. The van der Waals surface area contributed by atoms with Crippen LogP contribution < -0.4 is 0 Å². The molecule has 0 heteroatoms. The lowest BCUT2D eigenvalue weighted by Crippen LogP contribution is -2.30. The van der Waals surface area contributed by atoms with E-state index in [4.69, 9.17) is 0 Å². The molecule has 0 atom stereocenters. The first-order valence-electron chi connectivity index (χ1n) is 8.38. The highest BCUT2D eigenvalue weighted by molar-refractivity contribution is 5.41. The summed E-state index contributed by atoms with van der Waals surface area (Å²) in [4.78, 5) is 0. The van der Waals surface area contributed by atoms with Gasteiger partial charge in [0.2, 0.25) is 0 Å². The van der Waals surface area contributed by atoms with Crippen molar-refractivity contribution in [2.24, 2.45) is 0 Å². The Hall–Kier alpha value is -1.56. The van der Waals surface area contributed by atoms with Crippen LogP contribution in [0.1, 0.15) is 68.6 Å². The van der Waals surface area contributed by atoms with Crippen molar-refractivity contribution in [1.29, 1.82) is 0 Å². The molecule has 0 nitrogen and oxygen atoms in total. The molecule has 0 bridgehead atoms. The molecule has 0 spiro atoms. The molecule has 21 heavy (non-hydrogen) atoms. The molecule has 1 aliphatic rings. The van der Waals surface area contributed by atoms with Crippen LogP contribution in [0, 0.1) is 0 Å². The van der Waals surface area contributed by atoms with E-state index in [1.807, 2.05) is 0 Å². The van der Waals surface area contributed by atoms with Crippen molar-refractivity contribution < 1.29 is 0 Å². The molecule has 0 aromatic heterocycles. The number of hydrogen-bond acceptors (Lipinski definition) is 0. The second-order valence-electron chi connectivity index (χ2n) is 6.79. The molecule has 3 rings (SSSR count). The Morgan fingerprint density at radius 3 is 1.86 bits per heavy atom. The molecule has 0 heterocycles. The molecule has 2 aromatic rings. The summed E-state index contributed by atoms with van der Waals surface area (Å²) < 4.78 is 0. The zero-order valence-corrected chi connectivity index (χ0v) is 13.3. The van der Waals surface area contributed by atoms with Crippen molar-refractivity contribution in [3.05, 3.63) is 71.3 Å². The summed E-state index contributed by atoms with van der Waals surface area (Å²) in [5, 5.41) is 0. The van der Waals surface area contributed by atoms with Gasteiger partial charge in [0, 0.05) is 5.41 Å². The fourth-order valence-electron chi connectivity index (χ4n) is 3.84. The van der Waals surface area contributed by atoms with Gasteiger partial charge in [0.15, 0.2) is 0 Å². The van der Waals surface area contributed by atoms with E-state index in [1.165, 1.54) is 48.8 Å². The summed E-state index contributed by atoms with van der Waals surface area (Å²) in [6.45, 7) is 4.53. The van der Waals surface area contributed by atoms with Gasteiger partial charge in [-0.05, 0) is 35.4 Å². The molecule has 0 amide bonds. The SMILES string of the molecule is CC(C)c1ccc(C2(c3ccccc3)CCCCC2)cc1. The summed E-state index contributed by atoms with van der Waals surface area (Å²) in [5.74, 6) is 0.609. The first-order chi connectivity index (χ1) is 10.2. The van der Waals surface area contributed by atoms with Crippen molar-refractivity contribution in [1.82, 2.24) is 0 Å². The molecule has 0 unspecified atom stereocenters. The molecular formula is C21H26. The third kappa shape index (κ3) is 2.77. The Labute approximate surface area is 129 Å². The molecule has 2 aromatic carbocycles. The average Bonchev–Trinajstić information content (AvgIpc) is 2.56. The van der Waals surface area contributed by atoms with E-state index in [1.54, 1.807) is 0 Å². The first kappa shape index (κ1) is 14.4. The summed E-state index contributed by atoms with van der Waals surface area (Å²) in [6.07, 6.45) is 6.66.